The van der Waals surface area contributed by atoms with Gasteiger partial charge < -0.3 is 9.80 Å². The second kappa shape index (κ2) is 7.31. The number of rotatable bonds is 6. The third-order valence-electron chi connectivity index (χ3n) is 4.34. The number of hydrogen-bond acceptors (Lipinski definition) is 4. The number of nitrogens with zero attached hydrogens (tertiary/aromatic N) is 2. The summed E-state index contributed by atoms with van der Waals surface area (Å²) in [7, 11) is 4.44. The van der Waals surface area contributed by atoms with Crippen LogP contribution in [0.5, 0.6) is 0 Å². The minimum atomic E-state index is 0.448. The molecule has 2 atom stereocenters. The summed E-state index contributed by atoms with van der Waals surface area (Å²) in [5, 5.41) is 0. The molecule has 3 N–H and O–H groups in total. The van der Waals surface area contributed by atoms with E-state index in [0.29, 0.717) is 18.0 Å². The van der Waals surface area contributed by atoms with Crippen molar-refractivity contribution < 1.29 is 0 Å². The molecule has 1 aliphatic rings. The number of piperazine rings is 1. The van der Waals surface area contributed by atoms with Crippen LogP contribution in [-0.2, 0) is 0 Å². The summed E-state index contributed by atoms with van der Waals surface area (Å²) in [5.74, 6) is 6.43. The zero-order valence-corrected chi connectivity index (χ0v) is 11.9. The lowest BCUT2D eigenvalue weighted by atomic mass is 9.89. The first-order valence-electron chi connectivity index (χ1n) is 6.97. The first-order valence-corrected chi connectivity index (χ1v) is 6.97. The summed E-state index contributed by atoms with van der Waals surface area (Å²) in [6.45, 7) is 8.03. The lowest BCUT2D eigenvalue weighted by Gasteiger charge is -2.40. The zero-order valence-electron chi connectivity index (χ0n) is 11.9. The van der Waals surface area contributed by atoms with Crippen LogP contribution >= 0.6 is 0 Å². The van der Waals surface area contributed by atoms with Gasteiger partial charge in [-0.3, -0.25) is 11.3 Å². The molecule has 0 aromatic rings. The molecule has 1 fully saturated rings. The third kappa shape index (κ3) is 4.21. The lowest BCUT2D eigenvalue weighted by Crippen LogP contribution is -2.54. The van der Waals surface area contributed by atoms with Gasteiger partial charge in [-0.05, 0) is 26.4 Å². The normalized spacial score (nSPS) is 25.4. The number of nitrogens with two attached hydrogens (primary N) is 1. The minimum absolute atomic E-state index is 0.448. The number of hydrogen-bond donors (Lipinski definition) is 2. The molecule has 0 saturated carbocycles. The molecule has 102 valence electrons. The van der Waals surface area contributed by atoms with Gasteiger partial charge in [0.15, 0.2) is 0 Å². The van der Waals surface area contributed by atoms with Gasteiger partial charge in [0.2, 0.25) is 0 Å². The summed E-state index contributed by atoms with van der Waals surface area (Å²) in [6.07, 6.45) is 3.57. The van der Waals surface area contributed by atoms with E-state index in [0.717, 1.165) is 13.0 Å². The molecule has 1 aliphatic heterocycles. The molecule has 17 heavy (non-hydrogen) atoms. The van der Waals surface area contributed by atoms with E-state index in [1.54, 1.807) is 0 Å². The Balaban J connectivity index is 2.53. The molecule has 1 heterocycles. The number of hydrazine groups is 1. The predicted octanol–water partition coefficient (Wildman–Crippen LogP) is 0.890. The minimum Gasteiger partial charge on any atom is -0.304 e. The fourth-order valence-corrected chi connectivity index (χ4v) is 2.90. The first kappa shape index (κ1) is 14.9. The molecule has 2 unspecified atom stereocenters. The lowest BCUT2D eigenvalue weighted by molar-refractivity contribution is 0.0935. The molecule has 0 aromatic heterocycles. The smallest absolute Gasteiger partial charge is 0.0253 e. The summed E-state index contributed by atoms with van der Waals surface area (Å²) in [4.78, 5) is 4.90. The first-order chi connectivity index (χ1) is 8.12. The largest absolute Gasteiger partial charge is 0.304 e. The molecule has 1 saturated heterocycles. The van der Waals surface area contributed by atoms with E-state index in [4.69, 9.17) is 5.84 Å². The Hall–Kier alpha value is -0.160. The van der Waals surface area contributed by atoms with Crippen molar-refractivity contribution in [1.82, 2.24) is 15.2 Å². The maximum atomic E-state index is 5.74. The molecule has 4 nitrogen and oxygen atoms in total. The molecule has 0 spiro atoms. The van der Waals surface area contributed by atoms with Gasteiger partial charge in [0.25, 0.3) is 0 Å². The van der Waals surface area contributed by atoms with Crippen LogP contribution in [0.2, 0.25) is 0 Å². The average Bonchev–Trinajstić information content (AvgIpc) is 2.33. The van der Waals surface area contributed by atoms with Crippen LogP contribution in [0.3, 0.4) is 0 Å². The van der Waals surface area contributed by atoms with E-state index in [-0.39, 0.29) is 0 Å². The van der Waals surface area contributed by atoms with Crippen molar-refractivity contribution >= 4 is 0 Å². The topological polar surface area (TPSA) is 44.5 Å². The Bertz CT molecular complexity index is 206. The molecule has 0 radical (unpaired) electrons. The summed E-state index contributed by atoms with van der Waals surface area (Å²) >= 11 is 0. The van der Waals surface area contributed by atoms with Crippen LogP contribution in [0.15, 0.2) is 0 Å². The molecule has 4 heteroatoms. The highest BCUT2D eigenvalue weighted by molar-refractivity contribution is 4.85. The molecule has 0 bridgehead atoms. The fraction of sp³-hybridized carbons (Fsp3) is 1.00. The van der Waals surface area contributed by atoms with Gasteiger partial charge in [0.1, 0.15) is 0 Å². The highest BCUT2D eigenvalue weighted by Crippen LogP contribution is 2.20. The van der Waals surface area contributed by atoms with Crippen molar-refractivity contribution in [2.45, 2.75) is 45.2 Å². The SMILES string of the molecule is CCC(CC)C(CC1CN(C)CCN1C)NN. The van der Waals surface area contributed by atoms with E-state index >= 15 is 0 Å². The second-order valence-electron chi connectivity index (χ2n) is 5.48. The van der Waals surface area contributed by atoms with Crippen LogP contribution < -0.4 is 11.3 Å². The van der Waals surface area contributed by atoms with Gasteiger partial charge >= 0.3 is 0 Å². The van der Waals surface area contributed by atoms with Gasteiger partial charge in [-0.1, -0.05) is 26.7 Å². The van der Waals surface area contributed by atoms with Gasteiger partial charge in [-0.15, -0.1) is 0 Å². The Morgan fingerprint density at radius 1 is 1.24 bits per heavy atom. The van der Waals surface area contributed by atoms with E-state index in [9.17, 15) is 0 Å². The van der Waals surface area contributed by atoms with Crippen molar-refractivity contribution in [1.29, 1.82) is 0 Å². The van der Waals surface area contributed by atoms with Crippen LogP contribution in [0.4, 0.5) is 0 Å². The van der Waals surface area contributed by atoms with E-state index in [2.05, 4.69) is 43.2 Å². The Morgan fingerprint density at radius 2 is 1.88 bits per heavy atom. The van der Waals surface area contributed by atoms with Crippen molar-refractivity contribution in [2.75, 3.05) is 33.7 Å². The van der Waals surface area contributed by atoms with Gasteiger partial charge in [0, 0.05) is 31.7 Å². The average molecular weight is 242 g/mol. The number of likely N-dealkylation sites (N-methyl/N-ethyl adjacent to an activating group) is 2. The fourth-order valence-electron chi connectivity index (χ4n) is 2.90. The van der Waals surface area contributed by atoms with Gasteiger partial charge in [-0.2, -0.15) is 0 Å². The molecule has 0 aromatic carbocycles. The van der Waals surface area contributed by atoms with Crippen molar-refractivity contribution in [3.8, 4) is 0 Å². The van der Waals surface area contributed by atoms with Crippen LogP contribution in [0, 0.1) is 5.92 Å². The zero-order chi connectivity index (χ0) is 12.8. The molecule has 0 aliphatic carbocycles. The van der Waals surface area contributed by atoms with Crippen molar-refractivity contribution in [3.63, 3.8) is 0 Å². The molecular formula is C13H30N4. The van der Waals surface area contributed by atoms with E-state index < -0.39 is 0 Å². The quantitative estimate of drug-likeness (QED) is 0.536. The third-order valence-corrected chi connectivity index (χ3v) is 4.34. The molecular weight excluding hydrogens is 212 g/mol. The summed E-state index contributed by atoms with van der Waals surface area (Å²) in [6, 6.07) is 1.08. The van der Waals surface area contributed by atoms with Crippen LogP contribution in [0.1, 0.15) is 33.1 Å². The monoisotopic (exact) mass is 242 g/mol. The summed E-state index contributed by atoms with van der Waals surface area (Å²) in [5.41, 5.74) is 3.04. The van der Waals surface area contributed by atoms with Crippen molar-refractivity contribution in [3.05, 3.63) is 0 Å². The standard InChI is InChI=1S/C13H30N4/c1-5-11(6-2)13(15-14)9-12-10-16(3)7-8-17(12)4/h11-13,15H,5-10,14H2,1-4H3. The van der Waals surface area contributed by atoms with Crippen LogP contribution in [-0.4, -0.2) is 55.6 Å². The highest BCUT2D eigenvalue weighted by atomic mass is 15.3. The van der Waals surface area contributed by atoms with E-state index in [1.807, 2.05) is 0 Å². The van der Waals surface area contributed by atoms with Crippen LogP contribution in [0.25, 0.3) is 0 Å². The predicted molar refractivity (Wildman–Crippen MR) is 73.7 cm³/mol. The van der Waals surface area contributed by atoms with E-state index in [1.165, 1.54) is 25.9 Å². The number of nitrogens with one attached hydrogen (secondary N) is 1. The second-order valence-corrected chi connectivity index (χ2v) is 5.48. The Morgan fingerprint density at radius 3 is 2.41 bits per heavy atom. The van der Waals surface area contributed by atoms with Gasteiger partial charge in [0.05, 0.1) is 0 Å². The molecule has 1 rings (SSSR count). The maximum Gasteiger partial charge on any atom is 0.0253 e. The Kier molecular flexibility index (Phi) is 6.41. The Labute approximate surface area is 106 Å². The van der Waals surface area contributed by atoms with Crippen molar-refractivity contribution in [2.24, 2.45) is 11.8 Å². The highest BCUT2D eigenvalue weighted by Gasteiger charge is 2.27. The molecule has 0 amide bonds. The maximum absolute atomic E-state index is 5.74. The van der Waals surface area contributed by atoms with Gasteiger partial charge in [-0.25, -0.2) is 0 Å². The summed E-state index contributed by atoms with van der Waals surface area (Å²) < 4.78 is 0.